The number of aliphatic carboxylic acids is 1. The van der Waals surface area contributed by atoms with Crippen LogP contribution >= 0.6 is 0 Å². The molecule has 1 heterocycles. The highest BCUT2D eigenvalue weighted by Crippen LogP contribution is 2.22. The van der Waals surface area contributed by atoms with E-state index >= 15 is 0 Å². The van der Waals surface area contributed by atoms with Gasteiger partial charge < -0.3 is 14.4 Å². The molecule has 1 N–H and O–H groups in total. The fourth-order valence-electron chi connectivity index (χ4n) is 3.16. The first kappa shape index (κ1) is 16.8. The molecule has 0 atom stereocenters. The SMILES string of the molecule is COc1ccccc1Cc1cn(CC(=O)O)c2c(C)cccc2c1=O. The molecule has 25 heavy (non-hydrogen) atoms. The lowest BCUT2D eigenvalue weighted by Crippen LogP contribution is -2.19. The molecule has 0 aliphatic heterocycles. The van der Waals surface area contributed by atoms with Crippen LogP contribution in [-0.2, 0) is 17.8 Å². The van der Waals surface area contributed by atoms with Crippen molar-refractivity contribution < 1.29 is 14.6 Å². The first-order valence-electron chi connectivity index (χ1n) is 7.96. The van der Waals surface area contributed by atoms with Crippen molar-refractivity contribution in [3.05, 3.63) is 75.6 Å². The first-order valence-corrected chi connectivity index (χ1v) is 7.96. The van der Waals surface area contributed by atoms with Gasteiger partial charge >= 0.3 is 5.97 Å². The fourth-order valence-corrected chi connectivity index (χ4v) is 3.16. The van der Waals surface area contributed by atoms with Crippen LogP contribution in [0.5, 0.6) is 5.75 Å². The van der Waals surface area contributed by atoms with Gasteiger partial charge in [0, 0.05) is 23.6 Å². The Morgan fingerprint density at radius 1 is 1.12 bits per heavy atom. The predicted molar refractivity (Wildman–Crippen MR) is 96.4 cm³/mol. The number of nitrogens with zero attached hydrogens (tertiary/aromatic N) is 1. The lowest BCUT2D eigenvalue weighted by atomic mass is 10.0. The molecular weight excluding hydrogens is 318 g/mol. The van der Waals surface area contributed by atoms with Gasteiger partial charge in [-0.25, -0.2) is 0 Å². The molecule has 1 aromatic heterocycles. The molecule has 0 bridgehead atoms. The highest BCUT2D eigenvalue weighted by atomic mass is 16.5. The molecule has 0 amide bonds. The molecule has 0 aliphatic rings. The van der Waals surface area contributed by atoms with Crippen LogP contribution in [-0.4, -0.2) is 22.8 Å². The molecule has 5 nitrogen and oxygen atoms in total. The number of carboxylic acids is 1. The van der Waals surface area contributed by atoms with E-state index in [4.69, 9.17) is 4.74 Å². The minimum Gasteiger partial charge on any atom is -0.496 e. The van der Waals surface area contributed by atoms with Crippen LogP contribution in [0.2, 0.25) is 0 Å². The average Bonchev–Trinajstić information content (AvgIpc) is 2.59. The Morgan fingerprint density at radius 2 is 1.88 bits per heavy atom. The topological polar surface area (TPSA) is 68.5 Å². The number of carboxylic acid groups (broad SMARTS) is 1. The van der Waals surface area contributed by atoms with Gasteiger partial charge in [0.2, 0.25) is 0 Å². The fraction of sp³-hybridized carbons (Fsp3) is 0.200. The lowest BCUT2D eigenvalue weighted by Gasteiger charge is -2.14. The number of carbonyl (C=O) groups is 1. The number of hydrogen-bond acceptors (Lipinski definition) is 3. The van der Waals surface area contributed by atoms with E-state index in [0.717, 1.165) is 11.1 Å². The van der Waals surface area contributed by atoms with Crippen molar-refractivity contribution in [3.8, 4) is 5.75 Å². The molecule has 5 heteroatoms. The highest BCUT2D eigenvalue weighted by Gasteiger charge is 2.14. The van der Waals surface area contributed by atoms with Crippen molar-refractivity contribution in [1.82, 2.24) is 4.57 Å². The number of benzene rings is 2. The van der Waals surface area contributed by atoms with Gasteiger partial charge in [0.25, 0.3) is 0 Å². The van der Waals surface area contributed by atoms with Crippen LogP contribution in [0.3, 0.4) is 0 Å². The molecule has 0 fully saturated rings. The number of aromatic nitrogens is 1. The molecule has 128 valence electrons. The second-order valence-electron chi connectivity index (χ2n) is 5.96. The molecule has 0 spiro atoms. The van der Waals surface area contributed by atoms with E-state index in [1.807, 2.05) is 43.3 Å². The summed E-state index contributed by atoms with van der Waals surface area (Å²) in [5.74, 6) is -0.243. The third kappa shape index (κ3) is 3.26. The Balaban J connectivity index is 2.20. The molecule has 0 saturated heterocycles. The Kier molecular flexibility index (Phi) is 4.57. The minimum absolute atomic E-state index is 0.0776. The summed E-state index contributed by atoms with van der Waals surface area (Å²) in [5.41, 5.74) is 2.89. The molecule has 0 aliphatic carbocycles. The summed E-state index contributed by atoms with van der Waals surface area (Å²) in [6.07, 6.45) is 2.03. The standard InChI is InChI=1S/C20H19NO4/c1-13-6-5-8-16-19(13)21(12-18(22)23)11-15(20(16)24)10-14-7-3-4-9-17(14)25-2/h3-9,11H,10,12H2,1-2H3,(H,22,23). The summed E-state index contributed by atoms with van der Waals surface area (Å²) < 4.78 is 6.99. The van der Waals surface area contributed by atoms with Crippen molar-refractivity contribution in [2.45, 2.75) is 19.9 Å². The zero-order valence-electron chi connectivity index (χ0n) is 14.2. The van der Waals surface area contributed by atoms with Gasteiger partial charge in [-0.1, -0.05) is 30.3 Å². The molecular formula is C20H19NO4. The van der Waals surface area contributed by atoms with Crippen LogP contribution in [0, 0.1) is 6.92 Å². The summed E-state index contributed by atoms with van der Waals surface area (Å²) in [5, 5.41) is 9.77. The van der Waals surface area contributed by atoms with Gasteiger partial charge in [0.05, 0.1) is 12.6 Å². The smallest absolute Gasteiger partial charge is 0.323 e. The summed E-state index contributed by atoms with van der Waals surface area (Å²) in [7, 11) is 1.59. The first-order chi connectivity index (χ1) is 12.0. The maximum atomic E-state index is 12.9. The summed E-state index contributed by atoms with van der Waals surface area (Å²) in [6.45, 7) is 1.68. The number of rotatable bonds is 5. The van der Waals surface area contributed by atoms with Crippen LogP contribution in [0.15, 0.2) is 53.5 Å². The average molecular weight is 337 g/mol. The van der Waals surface area contributed by atoms with E-state index in [-0.39, 0.29) is 12.0 Å². The number of ether oxygens (including phenoxy) is 1. The Bertz CT molecular complexity index is 1000. The quantitative estimate of drug-likeness (QED) is 0.777. The highest BCUT2D eigenvalue weighted by molar-refractivity contribution is 5.84. The monoisotopic (exact) mass is 337 g/mol. The molecule has 0 radical (unpaired) electrons. The number of fused-ring (bicyclic) bond motifs is 1. The minimum atomic E-state index is -0.948. The molecule has 2 aromatic carbocycles. The largest absolute Gasteiger partial charge is 0.496 e. The Morgan fingerprint density at radius 3 is 2.60 bits per heavy atom. The Hall–Kier alpha value is -3.08. The van der Waals surface area contributed by atoms with Gasteiger partial charge in [-0.3, -0.25) is 9.59 Å². The second-order valence-corrected chi connectivity index (χ2v) is 5.96. The van der Waals surface area contributed by atoms with Gasteiger partial charge in [0.1, 0.15) is 12.3 Å². The van der Waals surface area contributed by atoms with Crippen molar-refractivity contribution in [2.24, 2.45) is 0 Å². The normalized spacial score (nSPS) is 10.8. The van der Waals surface area contributed by atoms with E-state index in [2.05, 4.69) is 0 Å². The summed E-state index contributed by atoms with van der Waals surface area (Å²) in [4.78, 5) is 24.2. The molecule has 3 aromatic rings. The third-order valence-electron chi connectivity index (χ3n) is 4.25. The molecule has 0 saturated carbocycles. The van der Waals surface area contributed by atoms with Crippen LogP contribution < -0.4 is 10.2 Å². The molecule has 3 rings (SSSR count). The number of pyridine rings is 1. The number of aryl methyl sites for hydroxylation is 1. The van der Waals surface area contributed by atoms with Crippen molar-refractivity contribution >= 4 is 16.9 Å². The predicted octanol–water partition coefficient (Wildman–Crippen LogP) is 2.99. The van der Waals surface area contributed by atoms with E-state index in [0.29, 0.717) is 28.6 Å². The van der Waals surface area contributed by atoms with E-state index in [1.54, 1.807) is 23.9 Å². The summed E-state index contributed by atoms with van der Waals surface area (Å²) >= 11 is 0. The van der Waals surface area contributed by atoms with Crippen molar-refractivity contribution in [1.29, 1.82) is 0 Å². The van der Waals surface area contributed by atoms with Crippen molar-refractivity contribution in [3.63, 3.8) is 0 Å². The van der Waals surface area contributed by atoms with E-state index < -0.39 is 5.97 Å². The number of hydrogen-bond donors (Lipinski definition) is 1. The number of para-hydroxylation sites is 2. The molecule has 0 unspecified atom stereocenters. The maximum Gasteiger partial charge on any atom is 0.323 e. The lowest BCUT2D eigenvalue weighted by molar-refractivity contribution is -0.137. The van der Waals surface area contributed by atoms with Gasteiger partial charge in [-0.05, 0) is 30.2 Å². The summed E-state index contributed by atoms with van der Waals surface area (Å²) in [6, 6.07) is 12.9. The van der Waals surface area contributed by atoms with E-state index in [1.165, 1.54) is 0 Å². The maximum absolute atomic E-state index is 12.9. The third-order valence-corrected chi connectivity index (χ3v) is 4.25. The second kappa shape index (κ2) is 6.81. The van der Waals surface area contributed by atoms with Crippen molar-refractivity contribution in [2.75, 3.05) is 7.11 Å². The van der Waals surface area contributed by atoms with Gasteiger partial charge in [-0.2, -0.15) is 0 Å². The van der Waals surface area contributed by atoms with Crippen LogP contribution in [0.25, 0.3) is 10.9 Å². The van der Waals surface area contributed by atoms with E-state index in [9.17, 15) is 14.7 Å². The zero-order chi connectivity index (χ0) is 18.0. The van der Waals surface area contributed by atoms with Gasteiger partial charge in [-0.15, -0.1) is 0 Å². The number of methoxy groups -OCH3 is 1. The van der Waals surface area contributed by atoms with Gasteiger partial charge in [0.15, 0.2) is 5.43 Å². The zero-order valence-corrected chi connectivity index (χ0v) is 14.2. The Labute approximate surface area is 145 Å². The van der Waals surface area contributed by atoms with Crippen LogP contribution in [0.4, 0.5) is 0 Å². The van der Waals surface area contributed by atoms with Crippen LogP contribution in [0.1, 0.15) is 16.7 Å².